The number of unbranched alkanes of at least 4 members (excludes halogenated alkanes) is 3. The van der Waals surface area contributed by atoms with E-state index in [1.807, 2.05) is 0 Å². The summed E-state index contributed by atoms with van der Waals surface area (Å²) in [5.41, 5.74) is -0.668. The van der Waals surface area contributed by atoms with Gasteiger partial charge in [-0.05, 0) is 24.6 Å². The Balaban J connectivity index is 2.65. The van der Waals surface area contributed by atoms with E-state index in [2.05, 4.69) is 12.2 Å². The molecule has 1 N–H and O–H groups in total. The molecule has 2 nitrogen and oxygen atoms in total. The number of rotatable bonds is 6. The Morgan fingerprint density at radius 1 is 1.21 bits per heavy atom. The van der Waals surface area contributed by atoms with E-state index in [9.17, 15) is 13.2 Å². The average Bonchev–Trinajstić information content (AvgIpc) is 2.37. The predicted molar refractivity (Wildman–Crippen MR) is 68.8 cm³/mol. The fraction of sp³-hybridized carbons (Fsp3) is 0.500. The number of nitriles is 1. The molecule has 0 unspecified atom stereocenters. The van der Waals surface area contributed by atoms with Crippen LogP contribution in [0.2, 0.25) is 0 Å². The number of hydrogen-bond donors (Lipinski definition) is 1. The van der Waals surface area contributed by atoms with Crippen molar-refractivity contribution in [1.29, 1.82) is 5.26 Å². The molecular formula is C14H17F3N2. The quantitative estimate of drug-likeness (QED) is 0.768. The standard InChI is InChI=1S/C14H17F3N2/c1-2-3-4-5-8-19-12-6-7-13(14(15,16)17)11(9-12)10-18/h6-7,9,19H,2-5,8H2,1H3. The fourth-order valence-electron chi connectivity index (χ4n) is 1.78. The van der Waals surface area contributed by atoms with Crippen LogP contribution >= 0.6 is 0 Å². The molecule has 1 aromatic carbocycles. The third-order valence-electron chi connectivity index (χ3n) is 2.80. The zero-order chi connectivity index (χ0) is 14.3. The summed E-state index contributed by atoms with van der Waals surface area (Å²) in [6, 6.07) is 5.16. The smallest absolute Gasteiger partial charge is 0.385 e. The lowest BCUT2D eigenvalue weighted by molar-refractivity contribution is -0.137. The topological polar surface area (TPSA) is 35.8 Å². The number of nitrogens with one attached hydrogen (secondary N) is 1. The van der Waals surface area contributed by atoms with Crippen LogP contribution in [0.15, 0.2) is 18.2 Å². The molecule has 19 heavy (non-hydrogen) atoms. The first-order chi connectivity index (χ1) is 8.99. The van der Waals surface area contributed by atoms with Gasteiger partial charge in [0, 0.05) is 12.2 Å². The lowest BCUT2D eigenvalue weighted by Gasteiger charge is -2.11. The summed E-state index contributed by atoms with van der Waals surface area (Å²) in [6.07, 6.45) is -0.131. The molecular weight excluding hydrogens is 253 g/mol. The largest absolute Gasteiger partial charge is 0.417 e. The molecule has 0 heterocycles. The number of hydrogen-bond acceptors (Lipinski definition) is 2. The number of halogens is 3. The molecule has 0 fully saturated rings. The molecule has 5 heteroatoms. The molecule has 0 bridgehead atoms. The SMILES string of the molecule is CCCCCCNc1ccc(C(F)(F)F)c(C#N)c1. The number of anilines is 1. The summed E-state index contributed by atoms with van der Waals surface area (Å²) >= 11 is 0. The molecule has 0 amide bonds. The summed E-state index contributed by atoms with van der Waals surface area (Å²) < 4.78 is 37.8. The van der Waals surface area contributed by atoms with E-state index >= 15 is 0 Å². The van der Waals surface area contributed by atoms with E-state index in [0.717, 1.165) is 31.7 Å². The van der Waals surface area contributed by atoms with E-state index in [-0.39, 0.29) is 5.56 Å². The molecule has 0 saturated heterocycles. The van der Waals surface area contributed by atoms with Gasteiger partial charge < -0.3 is 5.32 Å². The highest BCUT2D eigenvalue weighted by atomic mass is 19.4. The number of alkyl halides is 3. The van der Waals surface area contributed by atoms with Crippen molar-refractivity contribution in [2.24, 2.45) is 0 Å². The van der Waals surface area contributed by atoms with Gasteiger partial charge in [0.05, 0.1) is 17.2 Å². The van der Waals surface area contributed by atoms with E-state index in [0.29, 0.717) is 12.2 Å². The zero-order valence-electron chi connectivity index (χ0n) is 10.8. The Labute approximate surface area is 111 Å². The van der Waals surface area contributed by atoms with Crippen LogP contribution in [0.25, 0.3) is 0 Å². The summed E-state index contributed by atoms with van der Waals surface area (Å²) in [5, 5.41) is 11.8. The van der Waals surface area contributed by atoms with Crippen molar-refractivity contribution >= 4 is 5.69 Å². The Hall–Kier alpha value is -1.70. The van der Waals surface area contributed by atoms with Gasteiger partial charge >= 0.3 is 6.18 Å². The molecule has 0 aliphatic carbocycles. The predicted octanol–water partition coefficient (Wildman–Crippen LogP) is 4.57. The van der Waals surface area contributed by atoms with Crippen LogP contribution in [0.3, 0.4) is 0 Å². The van der Waals surface area contributed by atoms with Gasteiger partial charge in [-0.2, -0.15) is 18.4 Å². The minimum atomic E-state index is -4.48. The Bertz CT molecular complexity index is 447. The Morgan fingerprint density at radius 2 is 1.95 bits per heavy atom. The molecule has 1 rings (SSSR count). The molecule has 0 aromatic heterocycles. The van der Waals surface area contributed by atoms with Gasteiger partial charge in [0.2, 0.25) is 0 Å². The zero-order valence-corrected chi connectivity index (χ0v) is 10.8. The first-order valence-electron chi connectivity index (χ1n) is 6.34. The fourth-order valence-corrected chi connectivity index (χ4v) is 1.78. The minimum absolute atomic E-state index is 0.342. The highest BCUT2D eigenvalue weighted by Gasteiger charge is 2.33. The molecule has 0 radical (unpaired) electrons. The van der Waals surface area contributed by atoms with Crippen LogP contribution < -0.4 is 5.32 Å². The molecule has 0 aliphatic rings. The number of nitrogens with zero attached hydrogens (tertiary/aromatic N) is 1. The van der Waals surface area contributed by atoms with E-state index < -0.39 is 11.7 Å². The van der Waals surface area contributed by atoms with Crippen LogP contribution in [-0.2, 0) is 6.18 Å². The monoisotopic (exact) mass is 270 g/mol. The summed E-state index contributed by atoms with van der Waals surface area (Å²) in [7, 11) is 0. The van der Waals surface area contributed by atoms with Crippen LogP contribution in [0.1, 0.15) is 43.7 Å². The lowest BCUT2D eigenvalue weighted by atomic mass is 10.1. The second-order valence-electron chi connectivity index (χ2n) is 4.36. The summed E-state index contributed by atoms with van der Waals surface area (Å²) in [5.74, 6) is 0. The van der Waals surface area contributed by atoms with Crippen LogP contribution in [0, 0.1) is 11.3 Å². The Morgan fingerprint density at radius 3 is 2.53 bits per heavy atom. The van der Waals surface area contributed by atoms with Crippen molar-refractivity contribution < 1.29 is 13.2 Å². The second kappa shape index (κ2) is 7.03. The van der Waals surface area contributed by atoms with Gasteiger partial charge in [-0.3, -0.25) is 0 Å². The first-order valence-corrected chi connectivity index (χ1v) is 6.34. The molecule has 0 atom stereocenters. The minimum Gasteiger partial charge on any atom is -0.385 e. The van der Waals surface area contributed by atoms with Gasteiger partial charge in [0.1, 0.15) is 0 Å². The first kappa shape index (κ1) is 15.4. The van der Waals surface area contributed by atoms with Gasteiger partial charge in [-0.1, -0.05) is 26.2 Å². The maximum atomic E-state index is 12.6. The third-order valence-corrected chi connectivity index (χ3v) is 2.80. The maximum absolute atomic E-state index is 12.6. The molecule has 0 saturated carbocycles. The third kappa shape index (κ3) is 4.82. The van der Waals surface area contributed by atoms with Crippen molar-refractivity contribution in [3.8, 4) is 6.07 Å². The van der Waals surface area contributed by atoms with E-state index in [1.165, 1.54) is 12.1 Å². The highest BCUT2D eigenvalue weighted by molar-refractivity contribution is 5.53. The van der Waals surface area contributed by atoms with E-state index in [1.54, 1.807) is 6.07 Å². The molecule has 0 aliphatic heterocycles. The summed E-state index contributed by atoms with van der Waals surface area (Å²) in [6.45, 7) is 2.82. The van der Waals surface area contributed by atoms with Crippen molar-refractivity contribution in [3.63, 3.8) is 0 Å². The molecule has 0 spiro atoms. The van der Waals surface area contributed by atoms with Crippen molar-refractivity contribution in [1.82, 2.24) is 0 Å². The molecule has 104 valence electrons. The number of benzene rings is 1. The maximum Gasteiger partial charge on any atom is 0.417 e. The van der Waals surface area contributed by atoms with Crippen LogP contribution in [-0.4, -0.2) is 6.54 Å². The second-order valence-corrected chi connectivity index (χ2v) is 4.36. The van der Waals surface area contributed by atoms with Crippen molar-refractivity contribution in [3.05, 3.63) is 29.3 Å². The Kier molecular flexibility index (Phi) is 5.68. The molecule has 1 aromatic rings. The van der Waals surface area contributed by atoms with Gasteiger partial charge in [-0.15, -0.1) is 0 Å². The summed E-state index contributed by atoms with van der Waals surface area (Å²) in [4.78, 5) is 0. The lowest BCUT2D eigenvalue weighted by Crippen LogP contribution is -2.09. The average molecular weight is 270 g/mol. The van der Waals surface area contributed by atoms with Crippen molar-refractivity contribution in [2.75, 3.05) is 11.9 Å². The highest BCUT2D eigenvalue weighted by Crippen LogP contribution is 2.32. The van der Waals surface area contributed by atoms with Crippen molar-refractivity contribution in [2.45, 2.75) is 38.8 Å². The normalized spacial score (nSPS) is 11.1. The van der Waals surface area contributed by atoms with Gasteiger partial charge in [0.25, 0.3) is 0 Å². The van der Waals surface area contributed by atoms with Gasteiger partial charge in [-0.25, -0.2) is 0 Å². The van der Waals surface area contributed by atoms with E-state index in [4.69, 9.17) is 5.26 Å². The van der Waals surface area contributed by atoms with Gasteiger partial charge in [0.15, 0.2) is 0 Å². The van der Waals surface area contributed by atoms with Crippen LogP contribution in [0.5, 0.6) is 0 Å². The van der Waals surface area contributed by atoms with Crippen LogP contribution in [0.4, 0.5) is 18.9 Å².